The highest BCUT2D eigenvalue weighted by atomic mass is 16.6. The summed E-state index contributed by atoms with van der Waals surface area (Å²) in [5, 5.41) is 41.9. The van der Waals surface area contributed by atoms with E-state index in [2.05, 4.69) is 0 Å². The molecule has 0 aliphatic carbocycles. The molecule has 9 nitrogen and oxygen atoms in total. The highest BCUT2D eigenvalue weighted by Gasteiger charge is 2.36. The number of nitro groups is 2. The van der Waals surface area contributed by atoms with Crippen LogP contribution in [-0.2, 0) is 4.79 Å². The second-order valence-electron chi connectivity index (χ2n) is 6.64. The molecule has 4 unspecified atom stereocenters. The van der Waals surface area contributed by atoms with Crippen LogP contribution < -0.4 is 0 Å². The monoisotopic (exact) mass is 387 g/mol. The predicted molar refractivity (Wildman–Crippen MR) is 100 cm³/mol. The zero-order valence-corrected chi connectivity index (χ0v) is 15.9. The number of nitrogens with zero attached hydrogens (tertiary/aromatic N) is 2. The quantitative estimate of drug-likeness (QED) is 0.169. The maximum Gasteiger partial charge on any atom is 0.242 e. The van der Waals surface area contributed by atoms with Crippen molar-refractivity contribution in [2.45, 2.75) is 95.4 Å². The van der Waals surface area contributed by atoms with Gasteiger partial charge in [0.1, 0.15) is 12.2 Å². The van der Waals surface area contributed by atoms with Gasteiger partial charge in [-0.15, -0.1) is 0 Å². The van der Waals surface area contributed by atoms with Crippen molar-refractivity contribution in [3.8, 4) is 0 Å². The molecule has 0 spiro atoms. The summed E-state index contributed by atoms with van der Waals surface area (Å²) in [6.45, 7) is 1.54. The summed E-state index contributed by atoms with van der Waals surface area (Å²) in [5.41, 5.74) is 0. The highest BCUT2D eigenvalue weighted by Crippen LogP contribution is 2.16. The summed E-state index contributed by atoms with van der Waals surface area (Å²) in [5.74, 6) is 0. The minimum Gasteiger partial charge on any atom is -0.386 e. The Hall–Kier alpha value is -1.87. The molecule has 155 valence electrons. The average molecular weight is 387 g/mol. The molecule has 27 heavy (non-hydrogen) atoms. The molecule has 0 fully saturated rings. The molecule has 0 aliphatic rings. The third kappa shape index (κ3) is 11.4. The molecule has 0 aliphatic heterocycles. The van der Waals surface area contributed by atoms with E-state index in [0.29, 0.717) is 6.42 Å². The first kappa shape index (κ1) is 25.1. The normalized spacial score (nSPS) is 16.0. The molecule has 4 atom stereocenters. The van der Waals surface area contributed by atoms with Gasteiger partial charge in [-0.05, 0) is 19.3 Å². The summed E-state index contributed by atoms with van der Waals surface area (Å²) in [7, 11) is 0. The molecule has 0 aromatic heterocycles. The van der Waals surface area contributed by atoms with Crippen molar-refractivity contribution in [3.63, 3.8) is 0 Å². The van der Waals surface area contributed by atoms with E-state index in [1.807, 2.05) is 12.4 Å². The summed E-state index contributed by atoms with van der Waals surface area (Å²) in [6, 6.07) is -2.55. The van der Waals surface area contributed by atoms with E-state index in [1.165, 1.54) is 6.92 Å². The van der Waals surface area contributed by atoms with Crippen LogP contribution in [0.4, 0.5) is 0 Å². The third-order valence-corrected chi connectivity index (χ3v) is 4.53. The molecule has 0 amide bonds. The molecule has 0 aromatic rings. The minimum absolute atomic E-state index is 0.00527. The van der Waals surface area contributed by atoms with Gasteiger partial charge in [0.25, 0.3) is 0 Å². The first-order valence-corrected chi connectivity index (χ1v) is 9.48. The van der Waals surface area contributed by atoms with Gasteiger partial charge in [-0.25, -0.2) is 0 Å². The highest BCUT2D eigenvalue weighted by molar-refractivity contribution is 5.50. The lowest BCUT2D eigenvalue weighted by molar-refractivity contribution is -0.543. The van der Waals surface area contributed by atoms with Gasteiger partial charge in [-0.3, -0.25) is 25.0 Å². The number of allylic oxidation sites excluding steroid dienone is 1. The molecule has 9 heteroatoms. The number of aliphatic hydroxyl groups is 2. The van der Waals surface area contributed by atoms with Crippen LogP contribution in [0, 0.1) is 20.2 Å². The molecule has 0 rings (SSSR count). The predicted octanol–water partition coefficient (Wildman–Crippen LogP) is 2.59. The second kappa shape index (κ2) is 15.2. The summed E-state index contributed by atoms with van der Waals surface area (Å²) < 4.78 is 0. The van der Waals surface area contributed by atoms with Crippen molar-refractivity contribution >= 4 is 6.29 Å². The Morgan fingerprint density at radius 2 is 1.48 bits per heavy atom. The number of hydrogen-bond acceptors (Lipinski definition) is 7. The van der Waals surface area contributed by atoms with Crippen LogP contribution in [0.3, 0.4) is 0 Å². The molecule has 0 saturated carbocycles. The fraction of sp³-hybridized carbons (Fsp3) is 0.833. The van der Waals surface area contributed by atoms with Gasteiger partial charge in [-0.2, -0.15) is 0 Å². The Labute approximate surface area is 159 Å². The average Bonchev–Trinajstić information content (AvgIpc) is 2.59. The molecular weight excluding hydrogens is 356 g/mol. The van der Waals surface area contributed by atoms with Gasteiger partial charge in [0, 0.05) is 35.5 Å². The molecule has 1 radical (unpaired) electrons. The van der Waals surface area contributed by atoms with E-state index in [4.69, 9.17) is 0 Å². The largest absolute Gasteiger partial charge is 0.386 e. The summed E-state index contributed by atoms with van der Waals surface area (Å²) in [6.07, 6.45) is 8.16. The topological polar surface area (TPSA) is 144 Å². The number of aliphatic hydroxyl groups excluding tert-OH is 2. The zero-order chi connectivity index (χ0) is 20.7. The SMILES string of the molecule is CCC(C(O)CC(O)C(C/C=C\CCCCCCC[C]=O)[N+](=O)[O-])[N+](=O)[O-]. The Kier molecular flexibility index (Phi) is 14.2. The Morgan fingerprint density at radius 1 is 0.926 bits per heavy atom. The first-order chi connectivity index (χ1) is 12.8. The summed E-state index contributed by atoms with van der Waals surface area (Å²) in [4.78, 5) is 30.8. The lowest BCUT2D eigenvalue weighted by Crippen LogP contribution is -2.41. The van der Waals surface area contributed by atoms with Crippen LogP contribution in [0.5, 0.6) is 0 Å². The number of hydrogen-bond donors (Lipinski definition) is 2. The number of rotatable bonds is 17. The van der Waals surface area contributed by atoms with Crippen molar-refractivity contribution in [2.75, 3.05) is 0 Å². The first-order valence-electron chi connectivity index (χ1n) is 9.48. The van der Waals surface area contributed by atoms with E-state index in [1.54, 1.807) is 6.08 Å². The van der Waals surface area contributed by atoms with E-state index in [0.717, 1.165) is 38.5 Å². The Bertz CT molecular complexity index is 471. The zero-order valence-electron chi connectivity index (χ0n) is 15.9. The van der Waals surface area contributed by atoms with Gasteiger partial charge in [0.2, 0.25) is 12.1 Å². The lowest BCUT2D eigenvalue weighted by Gasteiger charge is -2.20. The smallest absolute Gasteiger partial charge is 0.242 e. The maximum absolute atomic E-state index is 11.2. The van der Waals surface area contributed by atoms with Crippen molar-refractivity contribution in [1.29, 1.82) is 0 Å². The third-order valence-electron chi connectivity index (χ3n) is 4.53. The Balaban J connectivity index is 4.26. The van der Waals surface area contributed by atoms with Gasteiger partial charge in [-0.1, -0.05) is 38.3 Å². The number of unbranched alkanes of at least 4 members (excludes halogenated alkanes) is 6. The van der Waals surface area contributed by atoms with E-state index in [9.17, 15) is 35.2 Å². The van der Waals surface area contributed by atoms with E-state index in [-0.39, 0.29) is 12.8 Å². The lowest BCUT2D eigenvalue weighted by atomic mass is 9.97. The molecule has 0 saturated heterocycles. The molecule has 2 N–H and O–H groups in total. The Morgan fingerprint density at radius 3 is 2.04 bits per heavy atom. The van der Waals surface area contributed by atoms with Crippen LogP contribution in [0.1, 0.15) is 71.1 Å². The van der Waals surface area contributed by atoms with E-state index < -0.39 is 40.6 Å². The van der Waals surface area contributed by atoms with Crippen LogP contribution in [-0.4, -0.2) is 50.6 Å². The van der Waals surface area contributed by atoms with Gasteiger partial charge >= 0.3 is 0 Å². The van der Waals surface area contributed by atoms with Crippen molar-refractivity contribution in [2.24, 2.45) is 0 Å². The summed E-state index contributed by atoms with van der Waals surface area (Å²) >= 11 is 0. The standard InChI is InChI=1S/C18H31N2O7/c1-2-15(19(24)25)17(22)14-18(23)16(20(26)27)12-10-8-6-4-3-5-7-9-11-13-21/h8,10,15-18,22-23H,2-7,9,11-12,14H2,1H3/b10-8-. The van der Waals surface area contributed by atoms with Crippen LogP contribution in [0.25, 0.3) is 0 Å². The van der Waals surface area contributed by atoms with Crippen molar-refractivity contribution in [1.82, 2.24) is 0 Å². The van der Waals surface area contributed by atoms with E-state index >= 15 is 0 Å². The van der Waals surface area contributed by atoms with Gasteiger partial charge < -0.3 is 10.2 Å². The van der Waals surface area contributed by atoms with Gasteiger partial charge in [0.15, 0.2) is 6.29 Å². The fourth-order valence-electron chi connectivity index (χ4n) is 2.85. The van der Waals surface area contributed by atoms with Gasteiger partial charge in [0.05, 0.1) is 0 Å². The van der Waals surface area contributed by atoms with Crippen LogP contribution in [0.2, 0.25) is 0 Å². The minimum atomic E-state index is -1.46. The van der Waals surface area contributed by atoms with Crippen molar-refractivity contribution < 1.29 is 24.9 Å². The second-order valence-corrected chi connectivity index (χ2v) is 6.64. The van der Waals surface area contributed by atoms with Crippen LogP contribution >= 0.6 is 0 Å². The molecule has 0 bridgehead atoms. The maximum atomic E-state index is 11.2. The molecular formula is C18H31N2O7. The van der Waals surface area contributed by atoms with Crippen LogP contribution in [0.15, 0.2) is 12.2 Å². The van der Waals surface area contributed by atoms with Crippen molar-refractivity contribution in [3.05, 3.63) is 32.4 Å². The fourth-order valence-corrected chi connectivity index (χ4v) is 2.85. The number of carbonyl (C=O) groups excluding carboxylic acids is 1. The molecule has 0 heterocycles. The molecule has 0 aromatic carbocycles.